The van der Waals surface area contributed by atoms with E-state index in [-0.39, 0.29) is 11.8 Å². The largest absolute Gasteiger partial charge is 0.479 e. The van der Waals surface area contributed by atoms with Crippen LogP contribution in [-0.4, -0.2) is 28.9 Å². The number of carbonyl (C=O) groups is 2. The van der Waals surface area contributed by atoms with Gasteiger partial charge in [0.1, 0.15) is 11.8 Å². The highest BCUT2D eigenvalue weighted by atomic mass is 35.5. The van der Waals surface area contributed by atoms with Crippen molar-refractivity contribution < 1.29 is 14.3 Å². The maximum atomic E-state index is 13.1. The van der Waals surface area contributed by atoms with Gasteiger partial charge in [0.2, 0.25) is 5.91 Å². The van der Waals surface area contributed by atoms with Gasteiger partial charge >= 0.3 is 0 Å². The average Bonchev–Trinajstić information content (AvgIpc) is 3.22. The number of hydrogen-bond acceptors (Lipinski definition) is 5. The summed E-state index contributed by atoms with van der Waals surface area (Å²) in [4.78, 5) is 32.4. The minimum atomic E-state index is -0.804. The molecule has 0 fully saturated rings. The summed E-state index contributed by atoms with van der Waals surface area (Å²) in [5, 5.41) is 6.68. The van der Waals surface area contributed by atoms with E-state index in [9.17, 15) is 9.59 Å². The Morgan fingerprint density at radius 1 is 1.24 bits per heavy atom. The van der Waals surface area contributed by atoms with E-state index in [1.807, 2.05) is 23.6 Å². The topological polar surface area (TPSA) is 71.5 Å². The van der Waals surface area contributed by atoms with Crippen LogP contribution in [0.3, 0.4) is 0 Å². The number of rotatable bonds is 6. The van der Waals surface area contributed by atoms with Crippen LogP contribution in [0.25, 0.3) is 11.3 Å². The molecule has 6 nitrogen and oxygen atoms in total. The first-order valence-electron chi connectivity index (χ1n) is 10.6. The van der Waals surface area contributed by atoms with Gasteiger partial charge in [0.15, 0.2) is 6.10 Å². The van der Waals surface area contributed by atoms with Gasteiger partial charge in [-0.05, 0) is 63.1 Å². The zero-order chi connectivity index (χ0) is 23.7. The Morgan fingerprint density at radius 2 is 1.97 bits per heavy atom. The van der Waals surface area contributed by atoms with Crippen molar-refractivity contribution in [3.05, 3.63) is 56.8 Å². The van der Waals surface area contributed by atoms with E-state index in [0.717, 1.165) is 29.1 Å². The van der Waals surface area contributed by atoms with Gasteiger partial charge in [-0.2, -0.15) is 0 Å². The monoisotopic (exact) mass is 503 g/mol. The standard InChI is InChI=1S/C24H23Cl2N3O3S/c1-4-5-22-28-19(12-33-22)15-6-7-21-20(8-15)29(24(31)14(3)32-21)13(2)23(30)27-18-10-16(25)9-17(26)11-18/h6-14H,4-5H2,1-3H3,(H,27,30). The molecule has 0 radical (unpaired) electrons. The average molecular weight is 504 g/mol. The van der Waals surface area contributed by atoms with E-state index in [2.05, 4.69) is 12.2 Å². The van der Waals surface area contributed by atoms with Crippen molar-refractivity contribution in [2.24, 2.45) is 0 Å². The highest BCUT2D eigenvalue weighted by molar-refractivity contribution is 7.09. The second kappa shape index (κ2) is 9.71. The maximum absolute atomic E-state index is 13.1. The van der Waals surface area contributed by atoms with Crippen molar-refractivity contribution in [1.82, 2.24) is 4.98 Å². The summed E-state index contributed by atoms with van der Waals surface area (Å²) in [6.07, 6.45) is 1.23. The van der Waals surface area contributed by atoms with Gasteiger partial charge in [0, 0.05) is 26.7 Å². The first kappa shape index (κ1) is 23.5. The van der Waals surface area contributed by atoms with Gasteiger partial charge in [-0.15, -0.1) is 11.3 Å². The lowest BCUT2D eigenvalue weighted by Crippen LogP contribution is -2.52. The Labute approximate surface area is 206 Å². The van der Waals surface area contributed by atoms with Gasteiger partial charge in [0.05, 0.1) is 16.4 Å². The molecule has 9 heteroatoms. The summed E-state index contributed by atoms with van der Waals surface area (Å²) in [5.41, 5.74) is 2.69. The number of halogens is 2. The van der Waals surface area contributed by atoms with Gasteiger partial charge in [-0.1, -0.05) is 30.1 Å². The molecule has 2 unspecified atom stereocenters. The normalized spacial score (nSPS) is 16.2. The number of amides is 2. The number of ether oxygens (including phenoxy) is 1. The van der Waals surface area contributed by atoms with Crippen molar-refractivity contribution in [2.75, 3.05) is 10.2 Å². The molecule has 3 aromatic rings. The maximum Gasteiger partial charge on any atom is 0.268 e. The minimum Gasteiger partial charge on any atom is -0.479 e. The third-order valence-electron chi connectivity index (χ3n) is 5.32. The first-order valence-corrected chi connectivity index (χ1v) is 12.3. The van der Waals surface area contributed by atoms with Crippen molar-refractivity contribution >= 4 is 57.7 Å². The fraction of sp³-hybridized carbons (Fsp3) is 0.292. The van der Waals surface area contributed by atoms with Crippen LogP contribution in [0.15, 0.2) is 41.8 Å². The summed E-state index contributed by atoms with van der Waals surface area (Å²) in [7, 11) is 0. The van der Waals surface area contributed by atoms with Crippen LogP contribution in [0.5, 0.6) is 5.75 Å². The number of carbonyl (C=O) groups excluding carboxylic acids is 2. The highest BCUT2D eigenvalue weighted by Crippen LogP contribution is 2.39. The van der Waals surface area contributed by atoms with Crippen molar-refractivity contribution in [1.29, 1.82) is 0 Å². The molecule has 1 aliphatic heterocycles. The number of fused-ring (bicyclic) bond motifs is 1. The number of nitrogens with zero attached hydrogens (tertiary/aromatic N) is 2. The molecule has 1 aliphatic rings. The first-order chi connectivity index (χ1) is 15.8. The van der Waals surface area contributed by atoms with E-state index >= 15 is 0 Å². The van der Waals surface area contributed by atoms with Crippen LogP contribution in [0.2, 0.25) is 10.0 Å². The minimum absolute atomic E-state index is 0.295. The zero-order valence-electron chi connectivity index (χ0n) is 18.4. The third-order valence-corrected chi connectivity index (χ3v) is 6.66. The molecule has 1 N–H and O–H groups in total. The molecule has 33 heavy (non-hydrogen) atoms. The van der Waals surface area contributed by atoms with Gasteiger partial charge in [0.25, 0.3) is 5.91 Å². The molecule has 0 aliphatic carbocycles. The number of thiazole rings is 1. The van der Waals surface area contributed by atoms with Crippen LogP contribution in [0.1, 0.15) is 32.2 Å². The number of nitrogens with one attached hydrogen (secondary N) is 1. The lowest BCUT2D eigenvalue weighted by Gasteiger charge is -2.36. The number of benzene rings is 2. The molecule has 4 rings (SSSR count). The molecule has 172 valence electrons. The van der Waals surface area contributed by atoms with E-state index in [0.29, 0.717) is 27.2 Å². The number of aromatic nitrogens is 1. The zero-order valence-corrected chi connectivity index (χ0v) is 20.7. The quantitative estimate of drug-likeness (QED) is 0.433. The number of aryl methyl sites for hydroxylation is 1. The van der Waals surface area contributed by atoms with E-state index < -0.39 is 12.1 Å². The number of hydrogen-bond donors (Lipinski definition) is 1. The van der Waals surface area contributed by atoms with Gasteiger partial charge < -0.3 is 10.1 Å². The Hall–Kier alpha value is -2.61. The molecule has 0 saturated heterocycles. The van der Waals surface area contributed by atoms with Crippen molar-refractivity contribution in [2.45, 2.75) is 45.8 Å². The highest BCUT2D eigenvalue weighted by Gasteiger charge is 2.37. The van der Waals surface area contributed by atoms with Gasteiger partial charge in [-0.3, -0.25) is 14.5 Å². The smallest absolute Gasteiger partial charge is 0.268 e. The molecule has 2 aromatic carbocycles. The predicted molar refractivity (Wildman–Crippen MR) is 134 cm³/mol. The fourth-order valence-electron chi connectivity index (χ4n) is 3.68. The van der Waals surface area contributed by atoms with E-state index in [4.69, 9.17) is 32.9 Å². The van der Waals surface area contributed by atoms with Crippen LogP contribution < -0.4 is 15.0 Å². The third kappa shape index (κ3) is 5.00. The summed E-state index contributed by atoms with van der Waals surface area (Å²) in [5.74, 6) is -0.122. The molecular weight excluding hydrogens is 481 g/mol. The Kier molecular flexibility index (Phi) is 6.93. The summed E-state index contributed by atoms with van der Waals surface area (Å²) >= 11 is 13.7. The fourth-order valence-corrected chi connectivity index (χ4v) is 5.12. The second-order valence-corrected chi connectivity index (χ2v) is 9.67. The summed E-state index contributed by atoms with van der Waals surface area (Å²) in [6.45, 7) is 5.47. The molecule has 0 saturated carbocycles. The molecule has 2 heterocycles. The van der Waals surface area contributed by atoms with Crippen LogP contribution >= 0.6 is 34.5 Å². The lowest BCUT2D eigenvalue weighted by molar-refractivity contribution is -0.128. The molecule has 0 bridgehead atoms. The van der Waals surface area contributed by atoms with Crippen LogP contribution in [0.4, 0.5) is 11.4 Å². The van der Waals surface area contributed by atoms with Crippen molar-refractivity contribution in [3.8, 4) is 17.0 Å². The van der Waals surface area contributed by atoms with Crippen LogP contribution in [0, 0.1) is 0 Å². The Bertz CT molecular complexity index is 1190. The SMILES string of the molecule is CCCc1nc(-c2ccc3c(c2)N(C(C)C(=O)Nc2cc(Cl)cc(Cl)c2)C(=O)C(C)O3)cs1. The van der Waals surface area contributed by atoms with Gasteiger partial charge in [-0.25, -0.2) is 4.98 Å². The second-order valence-electron chi connectivity index (χ2n) is 7.85. The molecule has 0 spiro atoms. The number of anilines is 2. The summed E-state index contributed by atoms with van der Waals surface area (Å²) < 4.78 is 5.81. The van der Waals surface area contributed by atoms with Crippen molar-refractivity contribution in [3.63, 3.8) is 0 Å². The van der Waals surface area contributed by atoms with E-state index in [1.54, 1.807) is 43.4 Å². The Morgan fingerprint density at radius 3 is 2.67 bits per heavy atom. The molecule has 2 amide bonds. The molecular formula is C24H23Cl2N3O3S. The predicted octanol–water partition coefficient (Wildman–Crippen LogP) is 6.21. The molecule has 2 atom stereocenters. The molecule has 1 aromatic heterocycles. The van der Waals surface area contributed by atoms with Crippen LogP contribution in [-0.2, 0) is 16.0 Å². The summed E-state index contributed by atoms with van der Waals surface area (Å²) in [6, 6.07) is 9.57. The lowest BCUT2D eigenvalue weighted by atomic mass is 10.1. The van der Waals surface area contributed by atoms with E-state index in [1.165, 1.54) is 4.90 Å². The Balaban J connectivity index is 1.66.